The minimum absolute atomic E-state index is 0.0621. The molecule has 108 valence electrons. The minimum atomic E-state index is -0.0621. The Labute approximate surface area is 114 Å². The topological polar surface area (TPSA) is 77.4 Å². The van der Waals surface area contributed by atoms with Crippen molar-refractivity contribution < 1.29 is 9.26 Å². The molecule has 1 aliphatic heterocycles. The van der Waals surface area contributed by atoms with Gasteiger partial charge < -0.3 is 15.0 Å². The van der Waals surface area contributed by atoms with Crippen molar-refractivity contribution in [2.24, 2.45) is 5.73 Å². The van der Waals surface area contributed by atoms with E-state index in [0.29, 0.717) is 18.3 Å². The molecular formula is C13H24N4O2. The van der Waals surface area contributed by atoms with E-state index in [1.807, 2.05) is 0 Å². The highest BCUT2D eigenvalue weighted by atomic mass is 16.5. The van der Waals surface area contributed by atoms with Crippen molar-refractivity contribution in [3.05, 3.63) is 11.7 Å². The van der Waals surface area contributed by atoms with Gasteiger partial charge in [0.05, 0.1) is 6.61 Å². The third-order valence-electron chi connectivity index (χ3n) is 3.61. The first kappa shape index (κ1) is 14.4. The Morgan fingerprint density at radius 3 is 3.11 bits per heavy atom. The van der Waals surface area contributed by atoms with Gasteiger partial charge in [0.2, 0.25) is 11.7 Å². The summed E-state index contributed by atoms with van der Waals surface area (Å²) < 4.78 is 11.1. The van der Waals surface area contributed by atoms with E-state index in [-0.39, 0.29) is 12.0 Å². The third kappa shape index (κ3) is 3.75. The average Bonchev–Trinajstić information content (AvgIpc) is 2.94. The lowest BCUT2D eigenvalue weighted by molar-refractivity contribution is -0.0334. The van der Waals surface area contributed by atoms with E-state index in [4.69, 9.17) is 15.0 Å². The molecule has 2 atom stereocenters. The van der Waals surface area contributed by atoms with Crippen LogP contribution < -0.4 is 5.73 Å². The maximum absolute atomic E-state index is 5.72. The van der Waals surface area contributed by atoms with Crippen LogP contribution >= 0.6 is 0 Å². The van der Waals surface area contributed by atoms with Crippen LogP contribution in [0.3, 0.4) is 0 Å². The van der Waals surface area contributed by atoms with Crippen molar-refractivity contribution in [2.75, 3.05) is 32.8 Å². The second-order valence-electron chi connectivity index (χ2n) is 5.08. The van der Waals surface area contributed by atoms with E-state index >= 15 is 0 Å². The van der Waals surface area contributed by atoms with Gasteiger partial charge in [0.15, 0.2) is 0 Å². The Hall–Kier alpha value is -0.980. The van der Waals surface area contributed by atoms with E-state index in [9.17, 15) is 0 Å². The summed E-state index contributed by atoms with van der Waals surface area (Å²) in [7, 11) is 0. The molecule has 2 N–H and O–H groups in total. The van der Waals surface area contributed by atoms with Gasteiger partial charge in [-0.3, -0.25) is 4.90 Å². The lowest BCUT2D eigenvalue weighted by atomic mass is 10.1. The number of morpholine rings is 1. The zero-order valence-corrected chi connectivity index (χ0v) is 11.8. The molecule has 0 aliphatic carbocycles. The van der Waals surface area contributed by atoms with Crippen molar-refractivity contribution in [3.63, 3.8) is 0 Å². The van der Waals surface area contributed by atoms with Crippen LogP contribution in [0.4, 0.5) is 0 Å². The number of rotatable bonds is 6. The smallest absolute Gasteiger partial charge is 0.229 e. The summed E-state index contributed by atoms with van der Waals surface area (Å²) >= 11 is 0. The molecule has 1 aromatic rings. The zero-order chi connectivity index (χ0) is 13.7. The van der Waals surface area contributed by atoms with Crippen LogP contribution in [0.25, 0.3) is 0 Å². The van der Waals surface area contributed by atoms with Crippen LogP contribution in [-0.4, -0.2) is 47.8 Å². The van der Waals surface area contributed by atoms with E-state index < -0.39 is 0 Å². The van der Waals surface area contributed by atoms with Crippen LogP contribution in [0.2, 0.25) is 0 Å². The molecule has 2 rings (SSSR count). The summed E-state index contributed by atoms with van der Waals surface area (Å²) in [6.45, 7) is 8.51. The lowest BCUT2D eigenvalue weighted by Crippen LogP contribution is -2.38. The molecule has 19 heavy (non-hydrogen) atoms. The standard InChI is InChI=1S/C13H24N4O2/c1-3-17-7-8-18-11(9-17)12-15-13(19-16-12)10(2)5-4-6-14/h10-11H,3-9,14H2,1-2H3. The van der Waals surface area contributed by atoms with Gasteiger partial charge in [-0.25, -0.2) is 0 Å². The molecule has 0 spiro atoms. The molecule has 2 heterocycles. The van der Waals surface area contributed by atoms with Crippen molar-refractivity contribution in [1.82, 2.24) is 15.0 Å². The lowest BCUT2D eigenvalue weighted by Gasteiger charge is -2.30. The highest BCUT2D eigenvalue weighted by Crippen LogP contribution is 2.23. The van der Waals surface area contributed by atoms with Gasteiger partial charge in [0, 0.05) is 19.0 Å². The Balaban J connectivity index is 1.96. The number of aromatic nitrogens is 2. The first-order chi connectivity index (χ1) is 9.24. The minimum Gasteiger partial charge on any atom is -0.367 e. The van der Waals surface area contributed by atoms with Gasteiger partial charge in [-0.2, -0.15) is 4.98 Å². The molecule has 6 heteroatoms. The number of nitrogens with two attached hydrogens (primary N) is 1. The molecule has 1 aliphatic rings. The second kappa shape index (κ2) is 6.98. The largest absolute Gasteiger partial charge is 0.367 e. The van der Waals surface area contributed by atoms with Crippen LogP contribution in [0.1, 0.15) is 50.4 Å². The molecule has 0 radical (unpaired) electrons. The predicted molar refractivity (Wildman–Crippen MR) is 71.8 cm³/mol. The van der Waals surface area contributed by atoms with Crippen LogP contribution in [0.5, 0.6) is 0 Å². The first-order valence-corrected chi connectivity index (χ1v) is 7.12. The fraction of sp³-hybridized carbons (Fsp3) is 0.846. The van der Waals surface area contributed by atoms with Gasteiger partial charge in [-0.05, 0) is 25.9 Å². The van der Waals surface area contributed by atoms with Gasteiger partial charge in [-0.1, -0.05) is 19.0 Å². The molecule has 1 fully saturated rings. The number of likely N-dealkylation sites (N-methyl/N-ethyl adjacent to an activating group) is 1. The third-order valence-corrected chi connectivity index (χ3v) is 3.61. The van der Waals surface area contributed by atoms with Crippen molar-refractivity contribution in [3.8, 4) is 0 Å². The fourth-order valence-electron chi connectivity index (χ4n) is 2.27. The van der Waals surface area contributed by atoms with E-state index in [1.54, 1.807) is 0 Å². The Bertz CT molecular complexity index is 382. The quantitative estimate of drug-likeness (QED) is 0.838. The number of hydrogen-bond donors (Lipinski definition) is 1. The molecule has 1 saturated heterocycles. The monoisotopic (exact) mass is 268 g/mol. The summed E-state index contributed by atoms with van der Waals surface area (Å²) in [4.78, 5) is 6.82. The van der Waals surface area contributed by atoms with Crippen LogP contribution in [0.15, 0.2) is 4.52 Å². The van der Waals surface area contributed by atoms with Crippen molar-refractivity contribution >= 4 is 0 Å². The molecular weight excluding hydrogens is 244 g/mol. The summed E-state index contributed by atoms with van der Waals surface area (Å²) in [6, 6.07) is 0. The zero-order valence-electron chi connectivity index (χ0n) is 11.8. The molecule has 0 aromatic carbocycles. The molecule has 2 unspecified atom stereocenters. The molecule has 0 bridgehead atoms. The fourth-order valence-corrected chi connectivity index (χ4v) is 2.27. The number of ether oxygens (including phenoxy) is 1. The summed E-state index contributed by atoms with van der Waals surface area (Å²) in [5.74, 6) is 1.63. The van der Waals surface area contributed by atoms with Gasteiger partial charge >= 0.3 is 0 Å². The Kier molecular flexibility index (Phi) is 5.30. The predicted octanol–water partition coefficient (Wildman–Crippen LogP) is 1.31. The van der Waals surface area contributed by atoms with Crippen molar-refractivity contribution in [1.29, 1.82) is 0 Å². The highest BCUT2D eigenvalue weighted by Gasteiger charge is 2.26. The molecule has 0 amide bonds. The van der Waals surface area contributed by atoms with Crippen LogP contribution in [0, 0.1) is 0 Å². The number of nitrogens with zero attached hydrogens (tertiary/aromatic N) is 3. The summed E-state index contributed by atoms with van der Waals surface area (Å²) in [5.41, 5.74) is 5.52. The Morgan fingerprint density at radius 1 is 1.53 bits per heavy atom. The summed E-state index contributed by atoms with van der Waals surface area (Å²) in [5, 5.41) is 4.07. The molecule has 0 saturated carbocycles. The van der Waals surface area contributed by atoms with Crippen LogP contribution in [-0.2, 0) is 4.74 Å². The SMILES string of the molecule is CCN1CCOC(c2noc(C(C)CCCN)n2)C1. The molecule has 6 nitrogen and oxygen atoms in total. The van der Waals surface area contributed by atoms with E-state index in [1.165, 1.54) is 0 Å². The van der Waals surface area contributed by atoms with Gasteiger partial charge in [0.1, 0.15) is 6.10 Å². The first-order valence-electron chi connectivity index (χ1n) is 7.12. The normalized spacial score (nSPS) is 22.6. The average molecular weight is 268 g/mol. The summed E-state index contributed by atoms with van der Waals surface area (Å²) in [6.07, 6.45) is 1.89. The number of hydrogen-bond acceptors (Lipinski definition) is 6. The maximum Gasteiger partial charge on any atom is 0.229 e. The Morgan fingerprint density at radius 2 is 2.37 bits per heavy atom. The van der Waals surface area contributed by atoms with Gasteiger partial charge in [0.25, 0.3) is 0 Å². The second-order valence-corrected chi connectivity index (χ2v) is 5.08. The van der Waals surface area contributed by atoms with E-state index in [2.05, 4.69) is 28.9 Å². The van der Waals surface area contributed by atoms with Crippen molar-refractivity contribution in [2.45, 2.75) is 38.7 Å². The molecule has 1 aromatic heterocycles. The van der Waals surface area contributed by atoms with Gasteiger partial charge in [-0.15, -0.1) is 0 Å². The highest BCUT2D eigenvalue weighted by molar-refractivity contribution is 4.97. The van der Waals surface area contributed by atoms with E-state index in [0.717, 1.165) is 39.1 Å². The maximum atomic E-state index is 5.72.